The molecule has 42 heavy (non-hydrogen) atoms. The number of carbonyl (C=O) groups is 3. The highest BCUT2D eigenvalue weighted by molar-refractivity contribution is 9.10. The molecular weight excluding hydrogens is 604 g/mol. The van der Waals surface area contributed by atoms with Crippen molar-refractivity contribution >= 4 is 67.4 Å². The molecule has 218 valence electrons. The average Bonchev–Trinajstić information content (AvgIpc) is 3.46. The maximum atomic E-state index is 13.9. The smallest absolute Gasteiger partial charge is 0.407 e. The van der Waals surface area contributed by atoms with Crippen LogP contribution in [-0.2, 0) is 27.4 Å². The largest absolute Gasteiger partial charge is 0.444 e. The summed E-state index contributed by atoms with van der Waals surface area (Å²) in [7, 11) is 0. The number of amides is 3. The number of hydrogen-bond acceptors (Lipinski definition) is 8. The molecule has 2 fully saturated rings. The third-order valence-corrected chi connectivity index (χ3v) is 7.97. The van der Waals surface area contributed by atoms with E-state index in [9.17, 15) is 14.4 Å². The Morgan fingerprint density at radius 1 is 1.14 bits per heavy atom. The summed E-state index contributed by atoms with van der Waals surface area (Å²) < 4.78 is 7.76. The molecule has 4 aromatic rings. The molecule has 3 amide bonds. The number of nitrogen functional groups attached to an aromatic ring is 1. The molecule has 3 aromatic heterocycles. The Hall–Kier alpha value is -4.26. The highest BCUT2D eigenvalue weighted by Crippen LogP contribution is 2.48. The SMILES string of the molecule is CC(C)(C)OC(=O)NCc1ccc2c(c1)c1c(N)ncnc1n2CC(=O)N1[C@@H]2CC2C[C@H]1C(=O)Nc1cccc(Br)n1. The van der Waals surface area contributed by atoms with Gasteiger partial charge in [-0.1, -0.05) is 12.1 Å². The molecule has 13 heteroatoms. The van der Waals surface area contributed by atoms with Crippen LogP contribution in [0.4, 0.5) is 16.4 Å². The van der Waals surface area contributed by atoms with Gasteiger partial charge in [0.15, 0.2) is 0 Å². The van der Waals surface area contributed by atoms with Crippen LogP contribution in [0.3, 0.4) is 0 Å². The Balaban J connectivity index is 1.26. The third kappa shape index (κ3) is 5.48. The molecule has 4 heterocycles. The molecule has 1 saturated heterocycles. The monoisotopic (exact) mass is 634 g/mol. The van der Waals surface area contributed by atoms with Crippen molar-refractivity contribution in [3.63, 3.8) is 0 Å². The maximum Gasteiger partial charge on any atom is 0.407 e. The number of benzene rings is 1. The minimum absolute atomic E-state index is 0.0197. The molecule has 1 unspecified atom stereocenters. The van der Waals surface area contributed by atoms with Gasteiger partial charge in [-0.05, 0) is 85.3 Å². The van der Waals surface area contributed by atoms with E-state index >= 15 is 0 Å². The number of alkyl carbamates (subject to hydrolysis) is 1. The van der Waals surface area contributed by atoms with Crippen molar-refractivity contribution in [2.45, 2.75) is 64.4 Å². The highest BCUT2D eigenvalue weighted by atomic mass is 79.9. The predicted octanol–water partition coefficient (Wildman–Crippen LogP) is 3.98. The number of likely N-dealkylation sites (tertiary alicyclic amines) is 1. The third-order valence-electron chi connectivity index (χ3n) is 7.52. The van der Waals surface area contributed by atoms with Crippen LogP contribution >= 0.6 is 15.9 Å². The molecule has 12 nitrogen and oxygen atoms in total. The van der Waals surface area contributed by atoms with Crippen LogP contribution in [0.2, 0.25) is 0 Å². The summed E-state index contributed by atoms with van der Waals surface area (Å²) in [6, 6.07) is 10.4. The van der Waals surface area contributed by atoms with Gasteiger partial charge in [-0.3, -0.25) is 9.59 Å². The first kappa shape index (κ1) is 27.9. The number of hydrogen-bond donors (Lipinski definition) is 3. The summed E-state index contributed by atoms with van der Waals surface area (Å²) >= 11 is 3.32. The number of halogens is 1. The van der Waals surface area contributed by atoms with Gasteiger partial charge < -0.3 is 30.6 Å². The second-order valence-corrected chi connectivity index (χ2v) is 12.5. The molecule has 1 aromatic carbocycles. The topological polar surface area (TPSA) is 157 Å². The normalized spacial score (nSPS) is 19.5. The van der Waals surface area contributed by atoms with Crippen LogP contribution in [0.1, 0.15) is 39.2 Å². The van der Waals surface area contributed by atoms with Gasteiger partial charge in [0.2, 0.25) is 11.8 Å². The molecule has 0 spiro atoms. The fourth-order valence-corrected chi connectivity index (χ4v) is 6.04. The van der Waals surface area contributed by atoms with Crippen molar-refractivity contribution in [2.24, 2.45) is 5.92 Å². The number of nitrogens with one attached hydrogen (secondary N) is 2. The van der Waals surface area contributed by atoms with Crippen molar-refractivity contribution in [3.05, 3.63) is 52.9 Å². The van der Waals surface area contributed by atoms with Crippen LogP contribution in [0, 0.1) is 5.92 Å². The highest BCUT2D eigenvalue weighted by Gasteiger charge is 2.56. The zero-order valence-electron chi connectivity index (χ0n) is 23.4. The summed E-state index contributed by atoms with van der Waals surface area (Å²) in [6.45, 7) is 5.63. The first-order chi connectivity index (χ1) is 20.0. The summed E-state index contributed by atoms with van der Waals surface area (Å²) in [6.07, 6.45) is 2.36. The number of nitrogens with zero attached hydrogens (tertiary/aromatic N) is 5. The van der Waals surface area contributed by atoms with Crippen molar-refractivity contribution in [1.82, 2.24) is 29.7 Å². The van der Waals surface area contributed by atoms with Crippen LogP contribution < -0.4 is 16.4 Å². The fourth-order valence-electron chi connectivity index (χ4n) is 5.70. The van der Waals surface area contributed by atoms with Crippen LogP contribution in [0.25, 0.3) is 21.9 Å². The number of anilines is 2. The number of rotatable bonds is 6. The Bertz CT molecular complexity index is 1730. The molecule has 1 aliphatic heterocycles. The maximum absolute atomic E-state index is 13.9. The lowest BCUT2D eigenvalue weighted by molar-refractivity contribution is -0.138. The van der Waals surface area contributed by atoms with Crippen LogP contribution in [0.15, 0.2) is 47.3 Å². The number of nitrogens with two attached hydrogens (primary N) is 1. The first-order valence-corrected chi connectivity index (χ1v) is 14.5. The lowest BCUT2D eigenvalue weighted by Crippen LogP contribution is -2.46. The van der Waals surface area contributed by atoms with Crippen LogP contribution in [0.5, 0.6) is 0 Å². The zero-order chi connectivity index (χ0) is 29.8. The van der Waals surface area contributed by atoms with Gasteiger partial charge in [-0.2, -0.15) is 0 Å². The number of pyridine rings is 1. The fraction of sp³-hybridized carbons (Fsp3) is 0.379. The average molecular weight is 636 g/mol. The second kappa shape index (κ2) is 10.5. The molecule has 3 atom stereocenters. The molecule has 1 aliphatic carbocycles. The van der Waals surface area contributed by atoms with E-state index in [2.05, 4.69) is 41.5 Å². The number of fused-ring (bicyclic) bond motifs is 4. The summed E-state index contributed by atoms with van der Waals surface area (Å²) in [5.41, 5.74) is 7.78. The van der Waals surface area contributed by atoms with Gasteiger partial charge in [-0.15, -0.1) is 0 Å². The standard InChI is InChI=1S/C29H31BrN8O4/c1-29(2,3)42-28(41)32-12-15-7-8-18-17(9-15)24-25(31)33-14-34-26(24)37(18)13-23(39)38-19-10-16(19)11-20(38)27(40)36-22-6-4-5-21(30)35-22/h4-9,14,16,19-20H,10-13H2,1-3H3,(H,32,41)(H2,31,33,34)(H,35,36,40)/t16?,19-,20+/m1/s1. The van der Waals surface area contributed by atoms with Gasteiger partial charge in [-0.25, -0.2) is 19.7 Å². The number of aromatic nitrogens is 4. The Kier molecular flexibility index (Phi) is 7.00. The van der Waals surface area contributed by atoms with Gasteiger partial charge in [0.05, 0.1) is 10.9 Å². The molecule has 1 saturated carbocycles. The van der Waals surface area contributed by atoms with Crippen molar-refractivity contribution in [3.8, 4) is 0 Å². The molecule has 0 radical (unpaired) electrons. The Labute approximate surface area is 250 Å². The molecule has 4 N–H and O–H groups in total. The molecule has 0 bridgehead atoms. The zero-order valence-corrected chi connectivity index (χ0v) is 25.0. The number of carbonyl (C=O) groups excluding carboxylic acids is 3. The van der Waals surface area contributed by atoms with E-state index in [0.29, 0.717) is 33.8 Å². The van der Waals surface area contributed by atoms with E-state index < -0.39 is 17.7 Å². The molecule has 6 rings (SSSR count). The van der Waals surface area contributed by atoms with Crippen molar-refractivity contribution < 1.29 is 19.1 Å². The van der Waals surface area contributed by atoms with Crippen molar-refractivity contribution in [2.75, 3.05) is 11.1 Å². The van der Waals surface area contributed by atoms with E-state index in [-0.39, 0.29) is 36.8 Å². The second-order valence-electron chi connectivity index (χ2n) is 11.7. The predicted molar refractivity (Wildman–Crippen MR) is 160 cm³/mol. The summed E-state index contributed by atoms with van der Waals surface area (Å²) in [5, 5.41) is 7.02. The minimum Gasteiger partial charge on any atom is -0.444 e. The lowest BCUT2D eigenvalue weighted by Gasteiger charge is -2.27. The van der Waals surface area contributed by atoms with Gasteiger partial charge in [0.1, 0.15) is 46.4 Å². The first-order valence-electron chi connectivity index (χ1n) is 13.7. The molecule has 2 aliphatic rings. The van der Waals surface area contributed by atoms with Gasteiger partial charge in [0.25, 0.3) is 0 Å². The van der Waals surface area contributed by atoms with Crippen molar-refractivity contribution in [1.29, 1.82) is 0 Å². The number of ether oxygens (including phenoxy) is 1. The Morgan fingerprint density at radius 2 is 1.95 bits per heavy atom. The summed E-state index contributed by atoms with van der Waals surface area (Å²) in [4.78, 5) is 54.0. The van der Waals surface area contributed by atoms with E-state index in [1.165, 1.54) is 6.33 Å². The number of piperidine rings is 1. The molecular formula is C29H31BrN8O4. The van der Waals surface area contributed by atoms with E-state index in [1.54, 1.807) is 43.9 Å². The lowest BCUT2D eigenvalue weighted by atomic mass is 10.1. The van der Waals surface area contributed by atoms with Crippen LogP contribution in [-0.4, -0.2) is 60.0 Å². The Morgan fingerprint density at radius 3 is 2.71 bits per heavy atom. The summed E-state index contributed by atoms with van der Waals surface area (Å²) in [5.74, 6) is 0.604. The van der Waals surface area contributed by atoms with Gasteiger partial charge >= 0.3 is 6.09 Å². The van der Waals surface area contributed by atoms with E-state index in [1.807, 2.05) is 22.8 Å². The van der Waals surface area contributed by atoms with Gasteiger partial charge in [0, 0.05) is 18.0 Å². The minimum atomic E-state index is -0.606. The quantitative estimate of drug-likeness (QED) is 0.269. The van der Waals surface area contributed by atoms with E-state index in [0.717, 1.165) is 22.9 Å². The van der Waals surface area contributed by atoms with E-state index in [4.69, 9.17) is 10.5 Å².